The van der Waals surface area contributed by atoms with Crippen LogP contribution in [0.25, 0.3) is 0 Å². The van der Waals surface area contributed by atoms with E-state index >= 15 is 0 Å². The molecule has 9 nitrogen and oxygen atoms in total. The van der Waals surface area contributed by atoms with Gasteiger partial charge in [-0.3, -0.25) is 4.90 Å². The van der Waals surface area contributed by atoms with Crippen molar-refractivity contribution in [2.24, 2.45) is 0 Å². The van der Waals surface area contributed by atoms with Gasteiger partial charge >= 0.3 is 0 Å². The van der Waals surface area contributed by atoms with Gasteiger partial charge in [0, 0.05) is 57.4 Å². The second-order valence-electron chi connectivity index (χ2n) is 18.4. The number of nitrogens with one attached hydrogen (secondary N) is 1. The minimum absolute atomic E-state index is 0.775. The topological polar surface area (TPSA) is 43.9 Å². The fraction of sp³-hybridized carbons (Fsp3) is 1.00. The smallest absolute Gasteiger partial charge is 0.0594 e. The van der Waals surface area contributed by atoms with Crippen LogP contribution in [0.5, 0.6) is 0 Å². The molecule has 0 saturated carbocycles. The number of piperazine rings is 1. The molecule has 7 rings (SSSR count). The zero-order valence-electron chi connectivity index (χ0n) is 40.5. The molecular formula is C48H104N8O. The molecule has 0 bridgehead atoms. The SMILES string of the molecule is CC(C)N1CCCC1.CC1CCCCN1.CCCCN1CCCCC1.CCN1CCCCC1C.CCN1CCOCC1.CN1CCCCC1.CN1CCN(C)CC1. The van der Waals surface area contributed by atoms with Crippen molar-refractivity contribution < 1.29 is 4.74 Å². The maximum atomic E-state index is 5.16. The maximum absolute atomic E-state index is 5.16. The highest BCUT2D eigenvalue weighted by molar-refractivity contribution is 4.71. The highest BCUT2D eigenvalue weighted by Gasteiger charge is 2.15. The monoisotopic (exact) mass is 809 g/mol. The minimum Gasteiger partial charge on any atom is -0.379 e. The van der Waals surface area contributed by atoms with Gasteiger partial charge in [-0.25, -0.2) is 0 Å². The fourth-order valence-electron chi connectivity index (χ4n) is 8.35. The van der Waals surface area contributed by atoms with Gasteiger partial charge in [0.15, 0.2) is 0 Å². The van der Waals surface area contributed by atoms with E-state index in [1.54, 1.807) is 0 Å². The highest BCUT2D eigenvalue weighted by atomic mass is 16.5. The first-order valence-electron chi connectivity index (χ1n) is 24.9. The van der Waals surface area contributed by atoms with Crippen LogP contribution in [-0.2, 0) is 4.74 Å². The summed E-state index contributed by atoms with van der Waals surface area (Å²) < 4.78 is 5.16. The van der Waals surface area contributed by atoms with Crippen molar-refractivity contribution in [2.75, 3.05) is 146 Å². The molecule has 7 aliphatic rings. The van der Waals surface area contributed by atoms with Crippen LogP contribution >= 0.6 is 0 Å². The standard InChI is InChI=1S/C9H19N.C8H17N.C7H15N.C6H14N2.C6H13NO.2C6H13N/c1-2-3-7-10-8-5-4-6-9-10;1-3-9-7-5-4-6-8(9)2;1-7(2)8-5-3-4-6-8;1-7-3-5-8(2)6-4-7;1-2-7-3-5-8-6-4-7;1-7-5-3-2-4-6-7;1-6-4-2-3-5-7-6/h2-9H2,1H3;8H,3-7H2,1-2H3;7H,3-6H2,1-2H3;3-6H2,1-2H3;2-6H2,1H3;2-6H2,1H3;6-7H,2-5H2,1H3. The predicted molar refractivity (Wildman–Crippen MR) is 252 cm³/mol. The van der Waals surface area contributed by atoms with Gasteiger partial charge in [0.1, 0.15) is 0 Å². The van der Waals surface area contributed by atoms with Crippen LogP contribution in [-0.4, -0.2) is 198 Å². The Morgan fingerprint density at radius 1 is 0.526 bits per heavy atom. The van der Waals surface area contributed by atoms with Crippen LogP contribution in [0.4, 0.5) is 0 Å². The Bertz CT molecular complexity index is 787. The van der Waals surface area contributed by atoms with E-state index in [9.17, 15) is 0 Å². The molecular weight excluding hydrogens is 705 g/mol. The Balaban J connectivity index is 0.000000333. The summed E-state index contributed by atoms with van der Waals surface area (Å²) in [6.07, 6.45) is 22.6. The van der Waals surface area contributed by atoms with Gasteiger partial charge in [-0.05, 0) is 191 Å². The summed E-state index contributed by atoms with van der Waals surface area (Å²) in [6.45, 7) is 39.2. The molecule has 342 valence electrons. The summed E-state index contributed by atoms with van der Waals surface area (Å²) in [7, 11) is 6.54. The zero-order valence-corrected chi connectivity index (χ0v) is 40.5. The molecule has 7 saturated heterocycles. The molecule has 0 amide bonds. The number of ether oxygens (including phenoxy) is 1. The predicted octanol–water partition coefficient (Wildman–Crippen LogP) is 8.10. The molecule has 1 N–H and O–H groups in total. The number of nitrogens with zero attached hydrogens (tertiary/aromatic N) is 7. The number of piperidine rings is 4. The van der Waals surface area contributed by atoms with Crippen LogP contribution in [0, 0.1) is 0 Å². The summed E-state index contributed by atoms with van der Waals surface area (Å²) in [4.78, 5) is 17.2. The number of unbranched alkanes of at least 4 members (excludes halogenated alkanes) is 1. The molecule has 0 aromatic rings. The van der Waals surface area contributed by atoms with E-state index in [0.29, 0.717) is 0 Å². The summed E-state index contributed by atoms with van der Waals surface area (Å²) >= 11 is 0. The first-order chi connectivity index (χ1) is 27.6. The fourth-order valence-corrected chi connectivity index (χ4v) is 8.35. The summed E-state index contributed by atoms with van der Waals surface area (Å²) in [5.74, 6) is 0. The van der Waals surface area contributed by atoms with Crippen LogP contribution in [0.15, 0.2) is 0 Å². The summed E-state index contributed by atoms with van der Waals surface area (Å²) in [6, 6.07) is 2.41. The van der Waals surface area contributed by atoms with Crippen molar-refractivity contribution >= 4 is 0 Å². The van der Waals surface area contributed by atoms with Crippen molar-refractivity contribution in [3.63, 3.8) is 0 Å². The van der Waals surface area contributed by atoms with Gasteiger partial charge in [-0.1, -0.05) is 52.9 Å². The number of likely N-dealkylation sites (N-methyl/N-ethyl adjacent to an activating group) is 3. The molecule has 2 unspecified atom stereocenters. The second-order valence-corrected chi connectivity index (χ2v) is 18.4. The highest BCUT2D eigenvalue weighted by Crippen LogP contribution is 2.15. The third-order valence-corrected chi connectivity index (χ3v) is 12.9. The molecule has 7 fully saturated rings. The molecule has 0 aliphatic carbocycles. The Morgan fingerprint density at radius 2 is 1.04 bits per heavy atom. The lowest BCUT2D eigenvalue weighted by Gasteiger charge is -2.31. The molecule has 57 heavy (non-hydrogen) atoms. The number of rotatable bonds is 6. The van der Waals surface area contributed by atoms with E-state index in [-0.39, 0.29) is 0 Å². The average molecular weight is 809 g/mol. The van der Waals surface area contributed by atoms with Crippen molar-refractivity contribution in [3.8, 4) is 0 Å². The minimum atomic E-state index is 0.775. The third kappa shape index (κ3) is 31.2. The third-order valence-electron chi connectivity index (χ3n) is 12.9. The van der Waals surface area contributed by atoms with Crippen LogP contribution < -0.4 is 5.32 Å². The van der Waals surface area contributed by atoms with E-state index in [4.69, 9.17) is 4.74 Å². The van der Waals surface area contributed by atoms with Gasteiger partial charge < -0.3 is 39.5 Å². The Labute approximate surface area is 358 Å². The van der Waals surface area contributed by atoms with Crippen LogP contribution in [0.2, 0.25) is 0 Å². The molecule has 0 radical (unpaired) electrons. The van der Waals surface area contributed by atoms with Gasteiger partial charge in [0.25, 0.3) is 0 Å². The van der Waals surface area contributed by atoms with Gasteiger partial charge in [0.2, 0.25) is 0 Å². The normalized spacial score (nSPS) is 25.9. The van der Waals surface area contributed by atoms with Crippen LogP contribution in [0.1, 0.15) is 151 Å². The summed E-state index contributed by atoms with van der Waals surface area (Å²) in [5, 5.41) is 3.38. The Hall–Kier alpha value is -0.360. The number of likely N-dealkylation sites (tertiary alicyclic amines) is 4. The van der Waals surface area contributed by atoms with Gasteiger partial charge in [-0.15, -0.1) is 0 Å². The van der Waals surface area contributed by atoms with Crippen molar-refractivity contribution in [1.82, 2.24) is 39.6 Å². The Kier molecular flexibility index (Phi) is 35.9. The zero-order chi connectivity index (χ0) is 41.9. The second kappa shape index (κ2) is 37.4. The van der Waals surface area contributed by atoms with E-state index in [1.165, 1.54) is 201 Å². The quantitative estimate of drug-likeness (QED) is 0.287. The molecule has 9 heteroatoms. The van der Waals surface area contributed by atoms with Crippen molar-refractivity contribution in [3.05, 3.63) is 0 Å². The molecule has 0 aromatic carbocycles. The van der Waals surface area contributed by atoms with Crippen molar-refractivity contribution in [1.29, 1.82) is 0 Å². The van der Waals surface area contributed by atoms with E-state index in [2.05, 4.69) is 109 Å². The van der Waals surface area contributed by atoms with Gasteiger partial charge in [-0.2, -0.15) is 0 Å². The van der Waals surface area contributed by atoms with Crippen molar-refractivity contribution in [2.45, 2.75) is 169 Å². The molecule has 0 spiro atoms. The number of morpholine rings is 1. The lowest BCUT2D eigenvalue weighted by molar-refractivity contribution is 0.0405. The average Bonchev–Trinajstić information content (AvgIpc) is 3.80. The molecule has 7 aliphatic heterocycles. The summed E-state index contributed by atoms with van der Waals surface area (Å²) in [5.41, 5.74) is 0. The van der Waals surface area contributed by atoms with E-state index in [1.807, 2.05) is 0 Å². The molecule has 2 atom stereocenters. The first-order valence-corrected chi connectivity index (χ1v) is 24.9. The maximum Gasteiger partial charge on any atom is 0.0594 e. The van der Waals surface area contributed by atoms with Gasteiger partial charge in [0.05, 0.1) is 13.2 Å². The molecule has 7 heterocycles. The number of hydrogen-bond acceptors (Lipinski definition) is 9. The lowest BCUT2D eigenvalue weighted by atomic mass is 10.0. The largest absolute Gasteiger partial charge is 0.379 e. The first kappa shape index (κ1) is 54.7. The lowest BCUT2D eigenvalue weighted by Crippen LogP contribution is -2.42. The number of hydrogen-bond donors (Lipinski definition) is 1. The molecule has 0 aromatic heterocycles. The Morgan fingerprint density at radius 3 is 1.39 bits per heavy atom. The van der Waals surface area contributed by atoms with E-state index in [0.717, 1.165) is 44.4 Å². The van der Waals surface area contributed by atoms with E-state index < -0.39 is 0 Å². The van der Waals surface area contributed by atoms with Crippen LogP contribution in [0.3, 0.4) is 0 Å².